The number of hydrogen-bond acceptors (Lipinski definition) is 5. The summed E-state index contributed by atoms with van der Waals surface area (Å²) in [5.41, 5.74) is 0.241. The largest absolute Gasteiger partial charge is 0.493 e. The van der Waals surface area contributed by atoms with Crippen LogP contribution in [0.5, 0.6) is 5.75 Å². The van der Waals surface area contributed by atoms with E-state index in [1.807, 2.05) is 0 Å². The highest BCUT2D eigenvalue weighted by molar-refractivity contribution is 5.44. The summed E-state index contributed by atoms with van der Waals surface area (Å²) in [6.07, 6.45) is 1.51. The molecule has 1 fully saturated rings. The lowest BCUT2D eigenvalue weighted by molar-refractivity contribution is -0.385. The van der Waals surface area contributed by atoms with Gasteiger partial charge in [0.15, 0.2) is 0 Å². The van der Waals surface area contributed by atoms with Gasteiger partial charge in [-0.15, -0.1) is 0 Å². The summed E-state index contributed by atoms with van der Waals surface area (Å²) in [4.78, 5) is 10.2. The molecular formula is C14H16N2O4. The zero-order valence-corrected chi connectivity index (χ0v) is 11.2. The van der Waals surface area contributed by atoms with Crippen LogP contribution in [0.1, 0.15) is 37.9 Å². The van der Waals surface area contributed by atoms with E-state index in [2.05, 4.69) is 6.07 Å². The number of aliphatic hydroxyl groups is 1. The Morgan fingerprint density at radius 3 is 2.80 bits per heavy atom. The molecule has 0 aliphatic heterocycles. The Balaban J connectivity index is 2.15. The maximum absolute atomic E-state index is 10.7. The van der Waals surface area contributed by atoms with Gasteiger partial charge in [0.1, 0.15) is 5.75 Å². The zero-order valence-electron chi connectivity index (χ0n) is 11.2. The van der Waals surface area contributed by atoms with E-state index in [9.17, 15) is 15.2 Å². The van der Waals surface area contributed by atoms with Gasteiger partial charge in [0.25, 0.3) is 5.69 Å². The second-order valence-electron chi connectivity index (χ2n) is 5.28. The molecule has 1 saturated carbocycles. The Morgan fingerprint density at radius 2 is 2.30 bits per heavy atom. The van der Waals surface area contributed by atoms with Gasteiger partial charge in [-0.1, -0.05) is 0 Å². The van der Waals surface area contributed by atoms with Crippen molar-refractivity contribution in [2.24, 2.45) is 5.41 Å². The van der Waals surface area contributed by atoms with Gasteiger partial charge in [-0.05, 0) is 25.8 Å². The second-order valence-corrected chi connectivity index (χ2v) is 5.28. The highest BCUT2D eigenvalue weighted by atomic mass is 16.6. The van der Waals surface area contributed by atoms with Gasteiger partial charge in [-0.2, -0.15) is 5.26 Å². The molecule has 0 spiro atoms. The predicted molar refractivity (Wildman–Crippen MR) is 71.1 cm³/mol. The lowest BCUT2D eigenvalue weighted by Crippen LogP contribution is -2.13. The zero-order chi connectivity index (χ0) is 14.8. The van der Waals surface area contributed by atoms with Crippen LogP contribution in [0.25, 0.3) is 0 Å². The van der Waals surface area contributed by atoms with Gasteiger partial charge in [-0.3, -0.25) is 10.1 Å². The molecule has 1 aliphatic carbocycles. The van der Waals surface area contributed by atoms with Crippen LogP contribution in [0.2, 0.25) is 0 Å². The normalized spacial score (nSPS) is 17.1. The number of hydrogen-bond donors (Lipinski definition) is 1. The molecule has 1 aliphatic rings. The minimum absolute atomic E-state index is 0.0769. The van der Waals surface area contributed by atoms with Crippen molar-refractivity contribution in [2.45, 2.75) is 32.3 Å². The summed E-state index contributed by atoms with van der Waals surface area (Å²) in [6, 6.07) is 6.33. The number of ether oxygens (including phenoxy) is 1. The molecule has 20 heavy (non-hydrogen) atoms. The SMILES string of the molecule is CC(O)c1cc([N+](=O)[O-])ccc1OCC1(CC#N)CC1. The van der Waals surface area contributed by atoms with Crippen LogP contribution in [-0.4, -0.2) is 16.6 Å². The molecule has 0 heterocycles. The van der Waals surface area contributed by atoms with Crippen molar-refractivity contribution in [2.75, 3.05) is 6.61 Å². The van der Waals surface area contributed by atoms with E-state index in [4.69, 9.17) is 10.00 Å². The third-order valence-electron chi connectivity index (χ3n) is 3.60. The molecule has 2 rings (SSSR count). The maximum Gasteiger partial charge on any atom is 0.270 e. The van der Waals surface area contributed by atoms with Crippen LogP contribution >= 0.6 is 0 Å². The summed E-state index contributed by atoms with van der Waals surface area (Å²) < 4.78 is 5.68. The Bertz CT molecular complexity index is 559. The fourth-order valence-corrected chi connectivity index (χ4v) is 2.05. The number of nitriles is 1. The van der Waals surface area contributed by atoms with Crippen molar-refractivity contribution in [3.63, 3.8) is 0 Å². The van der Waals surface area contributed by atoms with Crippen molar-refractivity contribution in [1.29, 1.82) is 5.26 Å². The van der Waals surface area contributed by atoms with E-state index in [0.717, 1.165) is 12.8 Å². The molecule has 1 aromatic carbocycles. The van der Waals surface area contributed by atoms with Gasteiger partial charge in [0.2, 0.25) is 0 Å². The quantitative estimate of drug-likeness (QED) is 0.636. The summed E-state index contributed by atoms with van der Waals surface area (Å²) >= 11 is 0. The molecule has 0 saturated heterocycles. The van der Waals surface area contributed by atoms with Gasteiger partial charge >= 0.3 is 0 Å². The number of aliphatic hydroxyl groups excluding tert-OH is 1. The van der Waals surface area contributed by atoms with E-state index < -0.39 is 11.0 Å². The summed E-state index contributed by atoms with van der Waals surface area (Å²) in [6.45, 7) is 1.94. The monoisotopic (exact) mass is 276 g/mol. The molecule has 1 aromatic rings. The van der Waals surface area contributed by atoms with Crippen LogP contribution in [0, 0.1) is 26.9 Å². The van der Waals surface area contributed by atoms with Crippen molar-refractivity contribution >= 4 is 5.69 Å². The van der Waals surface area contributed by atoms with Crippen molar-refractivity contribution in [1.82, 2.24) is 0 Å². The van der Waals surface area contributed by atoms with Gasteiger partial charge < -0.3 is 9.84 Å². The Hall–Kier alpha value is -2.13. The van der Waals surface area contributed by atoms with E-state index >= 15 is 0 Å². The molecule has 0 bridgehead atoms. The highest BCUT2D eigenvalue weighted by Crippen LogP contribution is 2.49. The number of benzene rings is 1. The number of nitro benzene ring substituents is 1. The van der Waals surface area contributed by atoms with Gasteiger partial charge in [0, 0.05) is 29.5 Å². The molecule has 1 unspecified atom stereocenters. The molecule has 0 aromatic heterocycles. The molecule has 1 N–H and O–H groups in total. The lowest BCUT2D eigenvalue weighted by Gasteiger charge is -2.16. The molecule has 1 atom stereocenters. The Kier molecular flexibility index (Phi) is 3.91. The van der Waals surface area contributed by atoms with E-state index in [0.29, 0.717) is 24.3 Å². The predicted octanol–water partition coefficient (Wildman–Crippen LogP) is 2.72. The highest BCUT2D eigenvalue weighted by Gasteiger charge is 2.43. The third kappa shape index (κ3) is 3.06. The fourth-order valence-electron chi connectivity index (χ4n) is 2.05. The first kappa shape index (κ1) is 14.3. The van der Waals surface area contributed by atoms with Crippen molar-refractivity contribution < 1.29 is 14.8 Å². The van der Waals surface area contributed by atoms with Gasteiger partial charge in [0.05, 0.1) is 23.7 Å². The first-order valence-corrected chi connectivity index (χ1v) is 6.44. The summed E-state index contributed by atoms with van der Waals surface area (Å²) in [5, 5.41) is 29.2. The average Bonchev–Trinajstić information content (AvgIpc) is 3.16. The minimum Gasteiger partial charge on any atom is -0.493 e. The van der Waals surface area contributed by atoms with Crippen molar-refractivity contribution in [3.8, 4) is 11.8 Å². The van der Waals surface area contributed by atoms with Crippen LogP contribution in [0.4, 0.5) is 5.69 Å². The van der Waals surface area contributed by atoms with Crippen LogP contribution in [0.15, 0.2) is 18.2 Å². The number of rotatable bonds is 6. The van der Waals surface area contributed by atoms with Gasteiger partial charge in [-0.25, -0.2) is 0 Å². The van der Waals surface area contributed by atoms with E-state index in [1.54, 1.807) is 0 Å². The molecular weight excluding hydrogens is 260 g/mol. The third-order valence-corrected chi connectivity index (χ3v) is 3.60. The lowest BCUT2D eigenvalue weighted by atomic mass is 10.0. The first-order valence-electron chi connectivity index (χ1n) is 6.44. The number of nitrogens with zero attached hydrogens (tertiary/aromatic N) is 2. The number of non-ortho nitro benzene ring substituents is 1. The fraction of sp³-hybridized carbons (Fsp3) is 0.500. The minimum atomic E-state index is -0.851. The molecule has 106 valence electrons. The van der Waals surface area contributed by atoms with E-state index in [1.165, 1.54) is 25.1 Å². The average molecular weight is 276 g/mol. The molecule has 6 heteroatoms. The Labute approximate surface area is 116 Å². The molecule has 0 amide bonds. The second kappa shape index (κ2) is 5.47. The smallest absolute Gasteiger partial charge is 0.270 e. The van der Waals surface area contributed by atoms with Crippen LogP contribution in [0.3, 0.4) is 0 Å². The molecule has 0 radical (unpaired) electrons. The summed E-state index contributed by atoms with van der Waals surface area (Å²) in [5.74, 6) is 0.440. The van der Waals surface area contributed by atoms with Crippen molar-refractivity contribution in [3.05, 3.63) is 33.9 Å². The standard InChI is InChI=1S/C14H16N2O4/c1-10(17)12-8-11(16(18)19)2-3-13(12)20-9-14(4-5-14)6-7-15/h2-3,8,10,17H,4-6,9H2,1H3. The first-order chi connectivity index (χ1) is 9.47. The molecule has 6 nitrogen and oxygen atoms in total. The van der Waals surface area contributed by atoms with E-state index in [-0.39, 0.29) is 11.1 Å². The van der Waals surface area contributed by atoms with Crippen LogP contribution in [-0.2, 0) is 0 Å². The van der Waals surface area contributed by atoms with Crippen LogP contribution < -0.4 is 4.74 Å². The topological polar surface area (TPSA) is 96.4 Å². The summed E-state index contributed by atoms with van der Waals surface area (Å²) in [7, 11) is 0. The maximum atomic E-state index is 10.7. The number of nitro groups is 1. The Morgan fingerprint density at radius 1 is 1.60 bits per heavy atom.